The van der Waals surface area contributed by atoms with E-state index in [1.54, 1.807) is 19.2 Å². The molecule has 1 atom stereocenters. The number of methoxy groups -OCH3 is 1. The van der Waals surface area contributed by atoms with Gasteiger partial charge in [0.25, 0.3) is 0 Å². The number of carbonyl (C=O) groups is 2. The van der Waals surface area contributed by atoms with E-state index in [2.05, 4.69) is 10.1 Å². The third-order valence-electron chi connectivity index (χ3n) is 3.33. The van der Waals surface area contributed by atoms with Gasteiger partial charge in [0.1, 0.15) is 6.54 Å². The Morgan fingerprint density at radius 2 is 1.82 bits per heavy atom. The lowest BCUT2D eigenvalue weighted by atomic mass is 10.1. The topological polar surface area (TPSA) is 92.8 Å². The zero-order valence-corrected chi connectivity index (χ0v) is 13.8. The van der Waals surface area contributed by atoms with Gasteiger partial charge in [-0.2, -0.15) is 0 Å². The highest BCUT2D eigenvalue weighted by Crippen LogP contribution is 2.20. The summed E-state index contributed by atoms with van der Waals surface area (Å²) < 4.78 is 27.2. The highest BCUT2D eigenvalue weighted by Gasteiger charge is 2.18. The average molecular weight is 328 g/mol. The minimum atomic E-state index is -3.24. The lowest BCUT2D eigenvalue weighted by Crippen LogP contribution is -2.39. The predicted molar refractivity (Wildman–Crippen MR) is 81.1 cm³/mol. The summed E-state index contributed by atoms with van der Waals surface area (Å²) in [5, 5.41) is 2.32. The van der Waals surface area contributed by atoms with E-state index in [1.807, 2.05) is 6.92 Å². The molecule has 1 rings (SSSR count). The molecule has 1 aromatic rings. The van der Waals surface area contributed by atoms with Crippen LogP contribution in [0.5, 0.6) is 0 Å². The Balaban J connectivity index is 2.76. The number of carbonyl (C=O) groups excluding carboxylic acids is 2. The number of hydrogen-bond donors (Lipinski definition) is 1. The smallest absolute Gasteiger partial charge is 0.407 e. The van der Waals surface area contributed by atoms with Gasteiger partial charge in [-0.15, -0.1) is 0 Å². The van der Waals surface area contributed by atoms with E-state index in [1.165, 1.54) is 24.1 Å². The second-order valence-corrected chi connectivity index (χ2v) is 6.88. The predicted octanol–water partition coefficient (Wildman–Crippen LogP) is 0.965. The molecule has 22 heavy (non-hydrogen) atoms. The van der Waals surface area contributed by atoms with Crippen LogP contribution in [0.4, 0.5) is 4.79 Å². The second kappa shape index (κ2) is 7.26. The summed E-state index contributed by atoms with van der Waals surface area (Å²) in [4.78, 5) is 24.6. The van der Waals surface area contributed by atoms with Crippen molar-refractivity contribution < 1.29 is 22.7 Å². The Bertz CT molecular complexity index is 640. The largest absolute Gasteiger partial charge is 0.453 e. The van der Waals surface area contributed by atoms with Crippen LogP contribution in [0.15, 0.2) is 29.2 Å². The summed E-state index contributed by atoms with van der Waals surface area (Å²) >= 11 is 0. The number of benzene rings is 1. The van der Waals surface area contributed by atoms with Gasteiger partial charge in [-0.25, -0.2) is 13.2 Å². The van der Waals surface area contributed by atoms with E-state index in [-0.39, 0.29) is 23.4 Å². The Kier molecular flexibility index (Phi) is 5.92. The molecule has 2 amide bonds. The van der Waals surface area contributed by atoms with Crippen molar-refractivity contribution in [2.45, 2.75) is 17.9 Å². The molecule has 0 spiro atoms. The monoisotopic (exact) mass is 328 g/mol. The molecule has 0 heterocycles. The van der Waals surface area contributed by atoms with Gasteiger partial charge in [0.2, 0.25) is 5.91 Å². The van der Waals surface area contributed by atoms with Crippen molar-refractivity contribution in [1.82, 2.24) is 10.2 Å². The first-order valence-electron chi connectivity index (χ1n) is 6.54. The van der Waals surface area contributed by atoms with Gasteiger partial charge in [-0.3, -0.25) is 4.79 Å². The highest BCUT2D eigenvalue weighted by atomic mass is 32.2. The molecule has 7 nitrogen and oxygen atoms in total. The molecule has 8 heteroatoms. The van der Waals surface area contributed by atoms with Crippen molar-refractivity contribution in [3.8, 4) is 0 Å². The first-order chi connectivity index (χ1) is 10.2. The zero-order chi connectivity index (χ0) is 16.9. The van der Waals surface area contributed by atoms with Crippen molar-refractivity contribution in [2.24, 2.45) is 0 Å². The van der Waals surface area contributed by atoms with Gasteiger partial charge < -0.3 is 15.0 Å². The molecule has 1 N–H and O–H groups in total. The average Bonchev–Trinajstić information content (AvgIpc) is 2.49. The summed E-state index contributed by atoms with van der Waals surface area (Å²) in [7, 11) is -0.420. The number of amides is 2. The van der Waals surface area contributed by atoms with Crippen molar-refractivity contribution in [1.29, 1.82) is 0 Å². The van der Waals surface area contributed by atoms with E-state index < -0.39 is 15.9 Å². The number of nitrogens with one attached hydrogen (secondary N) is 1. The number of rotatable bonds is 5. The van der Waals surface area contributed by atoms with Crippen molar-refractivity contribution >= 4 is 21.8 Å². The second-order valence-electron chi connectivity index (χ2n) is 4.87. The van der Waals surface area contributed by atoms with Crippen LogP contribution in [-0.4, -0.2) is 52.3 Å². The summed E-state index contributed by atoms with van der Waals surface area (Å²) in [6, 6.07) is 6.08. The van der Waals surface area contributed by atoms with E-state index in [4.69, 9.17) is 0 Å². The molecule has 0 saturated heterocycles. The van der Waals surface area contributed by atoms with Crippen LogP contribution in [0.1, 0.15) is 18.5 Å². The maximum atomic E-state index is 12.0. The Morgan fingerprint density at radius 1 is 1.27 bits per heavy atom. The number of hydrogen-bond acceptors (Lipinski definition) is 5. The van der Waals surface area contributed by atoms with Gasteiger partial charge in [-0.05, 0) is 24.6 Å². The highest BCUT2D eigenvalue weighted by molar-refractivity contribution is 7.90. The maximum absolute atomic E-state index is 12.0. The van der Waals surface area contributed by atoms with Gasteiger partial charge in [-0.1, -0.05) is 12.1 Å². The van der Waals surface area contributed by atoms with Crippen LogP contribution in [0.2, 0.25) is 0 Å². The number of sulfone groups is 1. The molecule has 0 aliphatic rings. The molecule has 0 bridgehead atoms. The number of nitrogens with zero attached hydrogens (tertiary/aromatic N) is 1. The number of alkyl carbamates (subject to hydrolysis) is 1. The third-order valence-corrected chi connectivity index (χ3v) is 4.46. The minimum Gasteiger partial charge on any atom is -0.453 e. The zero-order valence-electron chi connectivity index (χ0n) is 13.0. The summed E-state index contributed by atoms with van der Waals surface area (Å²) in [5.41, 5.74) is 0.793. The fourth-order valence-electron chi connectivity index (χ4n) is 1.78. The summed E-state index contributed by atoms with van der Waals surface area (Å²) in [5.74, 6) is -0.287. The van der Waals surface area contributed by atoms with Crippen LogP contribution in [0.3, 0.4) is 0 Å². The van der Waals surface area contributed by atoms with Crippen molar-refractivity contribution in [2.75, 3.05) is 27.0 Å². The third kappa shape index (κ3) is 4.73. The van der Waals surface area contributed by atoms with Crippen LogP contribution in [-0.2, 0) is 19.4 Å². The minimum absolute atomic E-state index is 0.172. The van der Waals surface area contributed by atoms with Gasteiger partial charge in [0, 0.05) is 13.3 Å². The fraction of sp³-hybridized carbons (Fsp3) is 0.429. The van der Waals surface area contributed by atoms with Crippen LogP contribution in [0.25, 0.3) is 0 Å². The number of likely N-dealkylation sites (N-methyl/N-ethyl adjacent to an activating group) is 1. The lowest BCUT2D eigenvalue weighted by molar-refractivity contribution is -0.130. The molecular formula is C14H20N2O5S. The molecule has 1 unspecified atom stereocenters. The van der Waals surface area contributed by atoms with Gasteiger partial charge in [0.05, 0.1) is 18.0 Å². The molecular weight excluding hydrogens is 308 g/mol. The van der Waals surface area contributed by atoms with E-state index >= 15 is 0 Å². The maximum Gasteiger partial charge on any atom is 0.407 e. The van der Waals surface area contributed by atoms with Crippen molar-refractivity contribution in [3.63, 3.8) is 0 Å². The Hall–Kier alpha value is -2.09. The SMILES string of the molecule is COC(=O)NCC(=O)N(C)C(C)c1ccc(S(C)(=O)=O)cc1. The first-order valence-corrected chi connectivity index (χ1v) is 8.43. The normalized spacial score (nSPS) is 12.4. The molecule has 0 radical (unpaired) electrons. The fourth-order valence-corrected chi connectivity index (χ4v) is 2.41. The standard InChI is InChI=1S/C14H20N2O5S/c1-10(16(2)13(17)9-15-14(18)21-3)11-5-7-12(8-6-11)22(4,19)20/h5-8,10H,9H2,1-4H3,(H,15,18). The van der Waals surface area contributed by atoms with Crippen LogP contribution >= 0.6 is 0 Å². The molecule has 1 aromatic carbocycles. The Morgan fingerprint density at radius 3 is 2.27 bits per heavy atom. The van der Waals surface area contributed by atoms with Crippen LogP contribution < -0.4 is 5.32 Å². The molecule has 0 aliphatic carbocycles. The van der Waals surface area contributed by atoms with Gasteiger partial charge in [0.15, 0.2) is 9.84 Å². The van der Waals surface area contributed by atoms with Gasteiger partial charge >= 0.3 is 6.09 Å². The summed E-state index contributed by atoms with van der Waals surface area (Å²) in [6.07, 6.45) is 0.464. The molecule has 0 aliphatic heterocycles. The van der Waals surface area contributed by atoms with E-state index in [9.17, 15) is 18.0 Å². The summed E-state index contributed by atoms with van der Waals surface area (Å²) in [6.45, 7) is 1.64. The quantitative estimate of drug-likeness (QED) is 0.869. The van der Waals surface area contributed by atoms with Crippen LogP contribution in [0, 0.1) is 0 Å². The molecule has 0 saturated carbocycles. The first kappa shape index (κ1) is 18.0. The van der Waals surface area contributed by atoms with E-state index in [0.29, 0.717) is 0 Å². The molecule has 0 aromatic heterocycles. The Labute approximate surface area is 130 Å². The van der Waals surface area contributed by atoms with E-state index in [0.717, 1.165) is 11.8 Å². The van der Waals surface area contributed by atoms with Crippen molar-refractivity contribution in [3.05, 3.63) is 29.8 Å². The number of ether oxygens (including phenoxy) is 1. The lowest BCUT2D eigenvalue weighted by Gasteiger charge is -2.25. The molecule has 0 fully saturated rings. The molecule has 122 valence electrons.